The second kappa shape index (κ2) is 16.5. The molecule has 12 rings (SSSR count). The third-order valence-corrected chi connectivity index (χ3v) is 14.4. The molecule has 0 bridgehead atoms. The first kappa shape index (κ1) is 39.0. The number of rotatable bonds is 8. The molecule has 312 valence electrons. The lowest BCUT2D eigenvalue weighted by atomic mass is 9.58. The molecule has 5 unspecified atom stereocenters. The minimum absolute atomic E-state index is 0.229. The first-order chi connectivity index (χ1) is 32.2. The van der Waals surface area contributed by atoms with Gasteiger partial charge in [0, 0.05) is 28.4 Å². The Morgan fingerprint density at radius 1 is 0.554 bits per heavy atom. The predicted molar refractivity (Wildman–Crippen MR) is 270 cm³/mol. The first-order valence-corrected chi connectivity index (χ1v) is 23.2. The maximum atomic E-state index is 5.10. The van der Waals surface area contributed by atoms with Crippen molar-refractivity contribution in [2.75, 3.05) is 0 Å². The first-order valence-electron chi connectivity index (χ1n) is 23.2. The lowest BCUT2D eigenvalue weighted by molar-refractivity contribution is 0.320. The molecule has 3 nitrogen and oxygen atoms in total. The minimum Gasteiger partial charge on any atom is -0.344 e. The average Bonchev–Trinajstić information content (AvgIpc) is 3.71. The summed E-state index contributed by atoms with van der Waals surface area (Å²) in [5.74, 6) is 2.43. The Balaban J connectivity index is 0.908. The van der Waals surface area contributed by atoms with Gasteiger partial charge in [0.2, 0.25) is 0 Å². The van der Waals surface area contributed by atoms with E-state index in [1.165, 1.54) is 60.9 Å². The number of benzene rings is 8. The lowest BCUT2D eigenvalue weighted by Gasteiger charge is -2.44. The van der Waals surface area contributed by atoms with Crippen LogP contribution in [0.3, 0.4) is 0 Å². The fraction of sp³-hybridized carbons (Fsp3) is 0.129. The van der Waals surface area contributed by atoms with Gasteiger partial charge in [0.15, 0.2) is 5.84 Å². The average molecular weight is 836 g/mol. The summed E-state index contributed by atoms with van der Waals surface area (Å²) >= 11 is 0. The van der Waals surface area contributed by atoms with Crippen molar-refractivity contribution in [1.29, 1.82) is 0 Å². The topological polar surface area (TPSA) is 36.8 Å². The maximum absolute atomic E-state index is 5.10. The summed E-state index contributed by atoms with van der Waals surface area (Å²) in [4.78, 5) is 10.1. The third kappa shape index (κ3) is 6.82. The largest absolute Gasteiger partial charge is 0.344 e. The van der Waals surface area contributed by atoms with Gasteiger partial charge in [0.05, 0.1) is 0 Å². The summed E-state index contributed by atoms with van der Waals surface area (Å²) in [5.41, 5.74) is 15.2. The van der Waals surface area contributed by atoms with Crippen molar-refractivity contribution in [3.63, 3.8) is 0 Å². The van der Waals surface area contributed by atoms with E-state index in [2.05, 4.69) is 212 Å². The van der Waals surface area contributed by atoms with Crippen molar-refractivity contribution in [2.24, 2.45) is 15.9 Å². The van der Waals surface area contributed by atoms with Crippen LogP contribution in [0.15, 0.2) is 246 Å². The Morgan fingerprint density at radius 3 is 1.89 bits per heavy atom. The third-order valence-electron chi connectivity index (χ3n) is 14.4. The number of amidine groups is 2. The van der Waals surface area contributed by atoms with Crippen molar-refractivity contribution in [2.45, 2.75) is 42.7 Å². The zero-order valence-electron chi connectivity index (χ0n) is 36.3. The Kier molecular flexibility index (Phi) is 9.90. The van der Waals surface area contributed by atoms with Gasteiger partial charge in [-0.1, -0.05) is 230 Å². The highest BCUT2D eigenvalue weighted by molar-refractivity contribution is 6.13. The van der Waals surface area contributed by atoms with E-state index < -0.39 is 0 Å². The fourth-order valence-corrected chi connectivity index (χ4v) is 11.5. The van der Waals surface area contributed by atoms with Crippen molar-refractivity contribution in [1.82, 2.24) is 5.32 Å². The molecule has 0 amide bonds. The van der Waals surface area contributed by atoms with Crippen molar-refractivity contribution >= 4 is 22.4 Å². The van der Waals surface area contributed by atoms with Crippen LogP contribution >= 0.6 is 0 Å². The summed E-state index contributed by atoms with van der Waals surface area (Å²) in [6, 6.07) is 73.0. The van der Waals surface area contributed by atoms with Crippen molar-refractivity contribution < 1.29 is 0 Å². The summed E-state index contributed by atoms with van der Waals surface area (Å²) in [6.45, 7) is 0. The SMILES string of the molecule is C1=CCCC(C2(c3ccccc3)c3c(c(-c4ccccc4)cc4ccccc34)C3C=CC(c4ccc(-c5ccc(C6=NC(c7ccccc7)NC(c7ccccc7)=N6)cc5)cc4)CC32)=C1. The number of aliphatic imine (C=N–C) groups is 2. The van der Waals surface area contributed by atoms with E-state index in [1.807, 2.05) is 24.3 Å². The van der Waals surface area contributed by atoms with E-state index in [0.717, 1.165) is 47.6 Å². The fourth-order valence-electron chi connectivity index (χ4n) is 11.5. The van der Waals surface area contributed by atoms with E-state index >= 15 is 0 Å². The van der Waals surface area contributed by atoms with Gasteiger partial charge < -0.3 is 5.32 Å². The highest BCUT2D eigenvalue weighted by Crippen LogP contribution is 2.66. The molecule has 8 aromatic rings. The molecule has 3 heteroatoms. The quantitative estimate of drug-likeness (QED) is 0.152. The number of fused-ring (bicyclic) bond motifs is 5. The molecule has 0 fully saturated rings. The van der Waals surface area contributed by atoms with Gasteiger partial charge in [-0.2, -0.15) is 0 Å². The summed E-state index contributed by atoms with van der Waals surface area (Å²) < 4.78 is 0. The van der Waals surface area contributed by atoms with Crippen LogP contribution in [0.1, 0.15) is 76.2 Å². The Morgan fingerprint density at radius 2 is 1.18 bits per heavy atom. The predicted octanol–water partition coefficient (Wildman–Crippen LogP) is 14.7. The molecule has 0 saturated heterocycles. The monoisotopic (exact) mass is 835 g/mol. The molecular formula is C62H49N3. The second-order valence-corrected chi connectivity index (χ2v) is 17.9. The molecule has 1 heterocycles. The van der Waals surface area contributed by atoms with Gasteiger partial charge in [0.1, 0.15) is 12.0 Å². The van der Waals surface area contributed by atoms with Crippen LogP contribution in [0.25, 0.3) is 33.0 Å². The van der Waals surface area contributed by atoms with Gasteiger partial charge in [-0.25, -0.2) is 9.98 Å². The van der Waals surface area contributed by atoms with Crippen LogP contribution in [0.4, 0.5) is 0 Å². The van der Waals surface area contributed by atoms with Crippen LogP contribution < -0.4 is 5.32 Å². The van der Waals surface area contributed by atoms with Crippen LogP contribution in [0, 0.1) is 5.92 Å². The molecule has 65 heavy (non-hydrogen) atoms. The Labute approximate surface area is 382 Å². The van der Waals surface area contributed by atoms with Crippen molar-refractivity contribution in [3.8, 4) is 22.3 Å². The number of hydrogen-bond donors (Lipinski definition) is 1. The van der Waals surface area contributed by atoms with Crippen molar-refractivity contribution in [3.05, 3.63) is 275 Å². The zero-order chi connectivity index (χ0) is 43.2. The smallest absolute Gasteiger partial charge is 0.159 e. The molecule has 3 aliphatic carbocycles. The van der Waals surface area contributed by atoms with E-state index in [9.17, 15) is 0 Å². The van der Waals surface area contributed by atoms with Crippen LogP contribution in [0.5, 0.6) is 0 Å². The zero-order valence-corrected chi connectivity index (χ0v) is 36.3. The van der Waals surface area contributed by atoms with Crippen LogP contribution in [-0.2, 0) is 5.41 Å². The Bertz CT molecular complexity index is 3180. The van der Waals surface area contributed by atoms with Gasteiger partial charge in [-0.05, 0) is 92.1 Å². The molecule has 0 radical (unpaired) electrons. The molecule has 5 atom stereocenters. The molecule has 8 aromatic carbocycles. The molecular weight excluding hydrogens is 787 g/mol. The summed E-state index contributed by atoms with van der Waals surface area (Å²) in [6.07, 6.45) is 15.2. The molecule has 1 aliphatic heterocycles. The maximum Gasteiger partial charge on any atom is 0.159 e. The van der Waals surface area contributed by atoms with E-state index in [4.69, 9.17) is 9.98 Å². The molecule has 0 spiro atoms. The molecule has 0 aromatic heterocycles. The number of nitrogens with one attached hydrogen (secondary N) is 1. The van der Waals surface area contributed by atoms with E-state index in [0.29, 0.717) is 5.92 Å². The van der Waals surface area contributed by atoms with Gasteiger partial charge in [0.25, 0.3) is 0 Å². The standard InChI is InChI=1S/C62H49N3/c1-6-18-45(19-7-1)55-40-50-24-16-17-29-53(50)58-57(55)54-39-38-49(41-56(54)62(58,51-25-12-4-13-26-51)52-27-14-5-15-28-52)44-32-30-42(31-33-44)43-34-36-48(37-35-43)61-64-59(46-20-8-2-9-21-46)63-60(65-61)47-22-10-3-11-23-47/h1-14,16-27,29-40,49,54,56,59H,15,28,41H2,(H,63,64,65). The second-order valence-electron chi connectivity index (χ2n) is 17.9. The minimum atomic E-state index is -0.285. The lowest BCUT2D eigenvalue weighted by Crippen LogP contribution is -2.38. The highest BCUT2D eigenvalue weighted by atomic mass is 15.2. The molecule has 0 saturated carbocycles. The highest BCUT2D eigenvalue weighted by Gasteiger charge is 2.57. The van der Waals surface area contributed by atoms with E-state index in [-0.39, 0.29) is 23.4 Å². The number of nitrogens with zero attached hydrogens (tertiary/aromatic N) is 2. The van der Waals surface area contributed by atoms with Gasteiger partial charge >= 0.3 is 0 Å². The van der Waals surface area contributed by atoms with Gasteiger partial charge in [-0.3, -0.25) is 0 Å². The van der Waals surface area contributed by atoms with Gasteiger partial charge in [-0.15, -0.1) is 0 Å². The molecule has 1 N–H and O–H groups in total. The summed E-state index contributed by atoms with van der Waals surface area (Å²) in [7, 11) is 0. The van der Waals surface area contributed by atoms with Crippen LogP contribution in [0.2, 0.25) is 0 Å². The molecule has 4 aliphatic rings. The van der Waals surface area contributed by atoms with E-state index in [1.54, 1.807) is 0 Å². The normalized spacial score (nSPS) is 22.0. The number of hydrogen-bond acceptors (Lipinski definition) is 3. The Hall–Kier alpha value is -7.62. The summed E-state index contributed by atoms with van der Waals surface area (Å²) in [5, 5.41) is 6.26. The number of allylic oxidation sites excluding steroid dienone is 6. The van der Waals surface area contributed by atoms with Crippen LogP contribution in [-0.4, -0.2) is 11.7 Å².